The van der Waals surface area contributed by atoms with Crippen LogP contribution in [0.5, 0.6) is 0 Å². The van der Waals surface area contributed by atoms with Crippen molar-refractivity contribution in [2.24, 2.45) is 5.92 Å². The fraction of sp³-hybridized carbons (Fsp3) is 0.517. The number of nitrogens with one attached hydrogen (secondary N) is 1. The van der Waals surface area contributed by atoms with E-state index in [2.05, 4.69) is 48.3 Å². The number of hydrogen-bond acceptors (Lipinski definition) is 3. The molecule has 4 rings (SSSR count). The lowest BCUT2D eigenvalue weighted by Crippen LogP contribution is -2.58. The molecule has 1 atom stereocenters. The monoisotopic (exact) mass is 476 g/mol. The minimum atomic E-state index is -0.0972. The molecule has 2 aromatic rings. The minimum Gasteiger partial charge on any atom is -0.340 e. The molecule has 1 N–H and O–H groups in total. The molecule has 0 radical (unpaired) electrons. The number of urea groups is 1. The summed E-state index contributed by atoms with van der Waals surface area (Å²) in [6.07, 6.45) is 4.63. The molecule has 1 aliphatic carbocycles. The minimum absolute atomic E-state index is 0.0631. The third-order valence-corrected chi connectivity index (χ3v) is 7.56. The van der Waals surface area contributed by atoms with Crippen LogP contribution in [-0.4, -0.2) is 65.9 Å². The summed E-state index contributed by atoms with van der Waals surface area (Å²) < 4.78 is 0. The molecular formula is C29H40N4O2. The second-order valence-electron chi connectivity index (χ2n) is 10.4. The molecule has 2 aromatic carbocycles. The van der Waals surface area contributed by atoms with Gasteiger partial charge in [-0.1, -0.05) is 69.2 Å². The van der Waals surface area contributed by atoms with Gasteiger partial charge in [0, 0.05) is 45.5 Å². The summed E-state index contributed by atoms with van der Waals surface area (Å²) in [7, 11) is 1.92. The molecule has 1 aliphatic heterocycles. The highest BCUT2D eigenvalue weighted by Gasteiger charge is 2.38. The van der Waals surface area contributed by atoms with Crippen molar-refractivity contribution in [2.75, 3.05) is 38.5 Å². The van der Waals surface area contributed by atoms with Crippen molar-refractivity contribution in [1.82, 2.24) is 14.7 Å². The Morgan fingerprint density at radius 1 is 0.943 bits per heavy atom. The predicted octanol–water partition coefficient (Wildman–Crippen LogP) is 5.18. The van der Waals surface area contributed by atoms with Crippen LogP contribution in [0, 0.1) is 5.92 Å². The summed E-state index contributed by atoms with van der Waals surface area (Å²) in [6.45, 7) is 7.67. The number of rotatable bonds is 7. The van der Waals surface area contributed by atoms with Crippen LogP contribution in [0.1, 0.15) is 56.6 Å². The van der Waals surface area contributed by atoms with E-state index in [4.69, 9.17) is 0 Å². The van der Waals surface area contributed by atoms with Crippen molar-refractivity contribution in [2.45, 2.75) is 58.0 Å². The number of likely N-dealkylation sites (N-methyl/N-ethyl adjacent to an activating group) is 1. The van der Waals surface area contributed by atoms with Gasteiger partial charge < -0.3 is 15.1 Å². The largest absolute Gasteiger partial charge is 0.340 e. The molecule has 0 spiro atoms. The van der Waals surface area contributed by atoms with Gasteiger partial charge in [0.2, 0.25) is 5.91 Å². The van der Waals surface area contributed by atoms with Crippen LogP contribution < -0.4 is 5.32 Å². The van der Waals surface area contributed by atoms with E-state index in [0.29, 0.717) is 31.5 Å². The Bertz CT molecular complexity index is 962. The van der Waals surface area contributed by atoms with Crippen molar-refractivity contribution in [3.8, 4) is 0 Å². The molecule has 6 nitrogen and oxygen atoms in total. The molecule has 1 saturated carbocycles. The number of nitrogens with zero attached hydrogens (tertiary/aromatic N) is 3. The van der Waals surface area contributed by atoms with Gasteiger partial charge in [0.1, 0.15) is 0 Å². The van der Waals surface area contributed by atoms with E-state index in [9.17, 15) is 9.59 Å². The fourth-order valence-electron chi connectivity index (χ4n) is 5.45. The predicted molar refractivity (Wildman–Crippen MR) is 141 cm³/mol. The summed E-state index contributed by atoms with van der Waals surface area (Å²) in [6, 6.07) is 18.1. The summed E-state index contributed by atoms with van der Waals surface area (Å²) in [4.78, 5) is 32.6. The van der Waals surface area contributed by atoms with Crippen molar-refractivity contribution in [3.05, 3.63) is 65.7 Å². The molecule has 0 aromatic heterocycles. The molecule has 0 unspecified atom stereocenters. The van der Waals surface area contributed by atoms with Gasteiger partial charge in [0.15, 0.2) is 0 Å². The van der Waals surface area contributed by atoms with Crippen LogP contribution in [0.4, 0.5) is 10.5 Å². The molecule has 2 fully saturated rings. The molecular weight excluding hydrogens is 436 g/mol. The highest BCUT2D eigenvalue weighted by Crippen LogP contribution is 2.32. The Balaban J connectivity index is 1.36. The molecule has 1 saturated heterocycles. The first kappa shape index (κ1) is 25.2. The van der Waals surface area contributed by atoms with E-state index in [0.717, 1.165) is 37.2 Å². The van der Waals surface area contributed by atoms with E-state index >= 15 is 0 Å². The number of hydrogen-bond donors (Lipinski definition) is 1. The zero-order valence-corrected chi connectivity index (χ0v) is 21.5. The average molecular weight is 477 g/mol. The summed E-state index contributed by atoms with van der Waals surface area (Å²) in [5.41, 5.74) is 3.23. The van der Waals surface area contributed by atoms with Gasteiger partial charge in [-0.05, 0) is 47.9 Å². The Kier molecular flexibility index (Phi) is 8.45. The smallest absolute Gasteiger partial charge is 0.321 e. The maximum absolute atomic E-state index is 13.7. The van der Waals surface area contributed by atoms with Gasteiger partial charge in [0.25, 0.3) is 0 Å². The van der Waals surface area contributed by atoms with Crippen molar-refractivity contribution >= 4 is 17.6 Å². The van der Waals surface area contributed by atoms with Crippen LogP contribution in [0.3, 0.4) is 0 Å². The highest BCUT2D eigenvalue weighted by molar-refractivity contribution is 5.89. The number of piperazine rings is 1. The molecule has 0 bridgehead atoms. The van der Waals surface area contributed by atoms with E-state index in [1.54, 1.807) is 0 Å². The number of carbonyl (C=O) groups is 2. The summed E-state index contributed by atoms with van der Waals surface area (Å²) in [5.74, 6) is 1.08. The molecule has 35 heavy (non-hydrogen) atoms. The maximum Gasteiger partial charge on any atom is 0.321 e. The van der Waals surface area contributed by atoms with Crippen molar-refractivity contribution < 1.29 is 9.59 Å². The Labute approximate surface area is 210 Å². The van der Waals surface area contributed by atoms with Gasteiger partial charge in [-0.3, -0.25) is 9.69 Å². The summed E-state index contributed by atoms with van der Waals surface area (Å²) in [5, 5.41) is 3.04. The first-order valence-corrected chi connectivity index (χ1v) is 13.1. The highest BCUT2D eigenvalue weighted by atomic mass is 16.2. The number of anilines is 1. The second kappa shape index (κ2) is 11.7. The molecule has 3 amide bonds. The van der Waals surface area contributed by atoms with E-state index < -0.39 is 0 Å². The fourth-order valence-corrected chi connectivity index (χ4v) is 5.45. The lowest BCUT2D eigenvalue weighted by atomic mass is 9.94. The van der Waals surface area contributed by atoms with Crippen molar-refractivity contribution in [3.63, 3.8) is 0 Å². The standard InChI is InChI=1S/C29H40N4O2/c1-22(2)24-13-15-26(16-14-24)30-29(35)33-19-17-32(18-20-33)27(25-11-7-8-12-25)28(34)31(3)21-23-9-5-4-6-10-23/h4-6,9-10,13-16,22,25,27H,7-8,11-12,17-21H2,1-3H3,(H,30,35)/t27-/m1/s1. The lowest BCUT2D eigenvalue weighted by molar-refractivity contribution is -0.139. The Morgan fingerprint density at radius 2 is 1.57 bits per heavy atom. The SMILES string of the molecule is CC(C)c1ccc(NC(=O)N2CCN([C@@H](C(=O)N(C)Cc3ccccc3)C3CCCC3)CC2)cc1. The number of amides is 3. The van der Waals surface area contributed by atoms with Gasteiger partial charge >= 0.3 is 6.03 Å². The van der Waals surface area contributed by atoms with Crippen molar-refractivity contribution in [1.29, 1.82) is 0 Å². The maximum atomic E-state index is 13.7. The van der Waals surface area contributed by atoms with Crippen LogP contribution in [-0.2, 0) is 11.3 Å². The molecule has 1 heterocycles. The van der Waals surface area contributed by atoms with Gasteiger partial charge in [-0.25, -0.2) is 4.79 Å². The molecule has 6 heteroatoms. The quantitative estimate of drug-likeness (QED) is 0.599. The lowest BCUT2D eigenvalue weighted by Gasteiger charge is -2.42. The first-order chi connectivity index (χ1) is 16.9. The average Bonchev–Trinajstić information content (AvgIpc) is 3.40. The first-order valence-electron chi connectivity index (χ1n) is 13.1. The normalized spacial score (nSPS) is 18.0. The Hall–Kier alpha value is -2.86. The van der Waals surface area contributed by atoms with Crippen LogP contribution >= 0.6 is 0 Å². The third kappa shape index (κ3) is 6.43. The summed E-state index contributed by atoms with van der Waals surface area (Å²) >= 11 is 0. The van der Waals surface area contributed by atoms with Gasteiger partial charge in [0.05, 0.1) is 6.04 Å². The van der Waals surface area contributed by atoms with Crippen LogP contribution in [0.25, 0.3) is 0 Å². The number of benzene rings is 2. The number of carbonyl (C=O) groups excluding carboxylic acids is 2. The van der Waals surface area contributed by atoms with Gasteiger partial charge in [-0.2, -0.15) is 0 Å². The van der Waals surface area contributed by atoms with E-state index in [1.807, 2.05) is 47.2 Å². The second-order valence-corrected chi connectivity index (χ2v) is 10.4. The van der Waals surface area contributed by atoms with Crippen LogP contribution in [0.2, 0.25) is 0 Å². The zero-order valence-electron chi connectivity index (χ0n) is 21.5. The zero-order chi connectivity index (χ0) is 24.8. The topological polar surface area (TPSA) is 55.9 Å². The third-order valence-electron chi connectivity index (χ3n) is 7.56. The Morgan fingerprint density at radius 3 is 2.17 bits per heavy atom. The van der Waals surface area contributed by atoms with E-state index in [1.165, 1.54) is 18.4 Å². The molecule has 188 valence electrons. The van der Waals surface area contributed by atoms with E-state index in [-0.39, 0.29) is 18.0 Å². The van der Waals surface area contributed by atoms with Gasteiger partial charge in [-0.15, -0.1) is 0 Å². The van der Waals surface area contributed by atoms with Crippen LogP contribution in [0.15, 0.2) is 54.6 Å². The molecule has 2 aliphatic rings.